The highest BCUT2D eigenvalue weighted by atomic mass is 16.5. The maximum Gasteiger partial charge on any atom is 0.243 e. The van der Waals surface area contributed by atoms with Crippen LogP contribution < -0.4 is 21.5 Å². The van der Waals surface area contributed by atoms with Gasteiger partial charge in [-0.05, 0) is 25.7 Å². The monoisotopic (exact) mass is 295 g/mol. The molecule has 1 aliphatic rings. The number of nitrogens with zero attached hydrogens (tertiary/aromatic N) is 4. The Morgan fingerprint density at radius 3 is 2.52 bits per heavy atom. The summed E-state index contributed by atoms with van der Waals surface area (Å²) in [6.45, 7) is 4.64. The number of nitrogens with two attached hydrogens (primary N) is 1. The Labute approximate surface area is 125 Å². The number of hydrogen-bond acceptors (Lipinski definition) is 8. The molecule has 8 nitrogen and oxygen atoms in total. The SMILES string of the molecule is CCC(COC)Nc1nc(NN)nc(N2CCCCC2)n1. The van der Waals surface area contributed by atoms with Crippen molar-refractivity contribution in [3.63, 3.8) is 0 Å². The van der Waals surface area contributed by atoms with Crippen LogP contribution in [0.4, 0.5) is 17.8 Å². The van der Waals surface area contributed by atoms with Crippen molar-refractivity contribution in [1.82, 2.24) is 15.0 Å². The minimum atomic E-state index is 0.164. The van der Waals surface area contributed by atoms with Crippen molar-refractivity contribution >= 4 is 17.8 Å². The van der Waals surface area contributed by atoms with Crippen LogP contribution in [0, 0.1) is 0 Å². The minimum Gasteiger partial charge on any atom is -0.383 e. The van der Waals surface area contributed by atoms with Crippen molar-refractivity contribution in [2.24, 2.45) is 5.84 Å². The van der Waals surface area contributed by atoms with Crippen LogP contribution in [-0.2, 0) is 4.74 Å². The first-order valence-corrected chi connectivity index (χ1v) is 7.50. The van der Waals surface area contributed by atoms with Gasteiger partial charge in [0.15, 0.2) is 0 Å². The molecule has 0 spiro atoms. The van der Waals surface area contributed by atoms with Crippen LogP contribution in [0.25, 0.3) is 0 Å². The van der Waals surface area contributed by atoms with Crippen molar-refractivity contribution in [3.05, 3.63) is 0 Å². The second-order valence-corrected chi connectivity index (χ2v) is 5.18. The number of aromatic nitrogens is 3. The van der Waals surface area contributed by atoms with Crippen LogP contribution in [0.15, 0.2) is 0 Å². The highest BCUT2D eigenvalue weighted by molar-refractivity contribution is 5.44. The Kier molecular flexibility index (Phi) is 5.94. The zero-order valence-electron chi connectivity index (χ0n) is 12.8. The molecule has 1 aromatic rings. The summed E-state index contributed by atoms with van der Waals surface area (Å²) in [7, 11) is 1.68. The summed E-state index contributed by atoms with van der Waals surface area (Å²) in [5.74, 6) is 7.04. The molecule has 0 radical (unpaired) electrons. The lowest BCUT2D eigenvalue weighted by molar-refractivity contribution is 0.184. The maximum atomic E-state index is 5.47. The third-order valence-electron chi connectivity index (χ3n) is 3.59. The van der Waals surface area contributed by atoms with Gasteiger partial charge in [0.1, 0.15) is 0 Å². The summed E-state index contributed by atoms with van der Waals surface area (Å²) in [6, 6.07) is 0.164. The number of piperidine rings is 1. The van der Waals surface area contributed by atoms with E-state index in [1.807, 2.05) is 0 Å². The second kappa shape index (κ2) is 7.94. The van der Waals surface area contributed by atoms with Gasteiger partial charge in [-0.15, -0.1) is 0 Å². The molecule has 4 N–H and O–H groups in total. The number of hydrogen-bond donors (Lipinski definition) is 3. The fourth-order valence-electron chi connectivity index (χ4n) is 2.37. The molecule has 1 unspecified atom stereocenters. The Balaban J connectivity index is 2.16. The minimum absolute atomic E-state index is 0.164. The molecule has 0 amide bonds. The summed E-state index contributed by atoms with van der Waals surface area (Å²) in [5, 5.41) is 3.27. The molecule has 1 saturated heterocycles. The molecule has 1 fully saturated rings. The molecular weight excluding hydrogens is 270 g/mol. The number of anilines is 3. The normalized spacial score (nSPS) is 16.6. The zero-order chi connectivity index (χ0) is 15.1. The van der Waals surface area contributed by atoms with Gasteiger partial charge in [-0.1, -0.05) is 6.92 Å². The number of rotatable bonds is 7. The van der Waals surface area contributed by atoms with E-state index in [-0.39, 0.29) is 6.04 Å². The first-order valence-electron chi connectivity index (χ1n) is 7.50. The van der Waals surface area contributed by atoms with E-state index in [1.165, 1.54) is 19.3 Å². The van der Waals surface area contributed by atoms with Gasteiger partial charge >= 0.3 is 0 Å². The molecule has 1 atom stereocenters. The third-order valence-corrected chi connectivity index (χ3v) is 3.59. The second-order valence-electron chi connectivity index (χ2n) is 5.18. The average Bonchev–Trinajstić information content (AvgIpc) is 2.55. The highest BCUT2D eigenvalue weighted by Crippen LogP contribution is 2.18. The van der Waals surface area contributed by atoms with Crippen molar-refractivity contribution < 1.29 is 4.74 Å². The molecule has 2 rings (SSSR count). The highest BCUT2D eigenvalue weighted by Gasteiger charge is 2.17. The molecule has 0 aliphatic carbocycles. The van der Waals surface area contributed by atoms with Crippen LogP contribution in [0.1, 0.15) is 32.6 Å². The van der Waals surface area contributed by atoms with E-state index < -0.39 is 0 Å². The summed E-state index contributed by atoms with van der Waals surface area (Å²) in [4.78, 5) is 15.3. The predicted molar refractivity (Wildman–Crippen MR) is 83.3 cm³/mol. The van der Waals surface area contributed by atoms with Crippen LogP contribution in [0.5, 0.6) is 0 Å². The van der Waals surface area contributed by atoms with E-state index >= 15 is 0 Å². The summed E-state index contributed by atoms with van der Waals surface area (Å²) >= 11 is 0. The van der Waals surface area contributed by atoms with Crippen molar-refractivity contribution in [3.8, 4) is 0 Å². The van der Waals surface area contributed by atoms with Gasteiger partial charge in [0, 0.05) is 20.2 Å². The number of nitrogens with one attached hydrogen (secondary N) is 2. The van der Waals surface area contributed by atoms with E-state index in [1.54, 1.807) is 7.11 Å². The van der Waals surface area contributed by atoms with E-state index in [0.29, 0.717) is 24.5 Å². The van der Waals surface area contributed by atoms with Gasteiger partial charge in [-0.2, -0.15) is 15.0 Å². The molecule has 8 heteroatoms. The van der Waals surface area contributed by atoms with E-state index in [0.717, 1.165) is 19.5 Å². The van der Waals surface area contributed by atoms with Crippen LogP contribution in [0.2, 0.25) is 0 Å². The number of hydrazine groups is 1. The van der Waals surface area contributed by atoms with Crippen LogP contribution in [-0.4, -0.2) is 47.8 Å². The molecule has 0 bridgehead atoms. The first kappa shape index (κ1) is 15.7. The van der Waals surface area contributed by atoms with Gasteiger partial charge in [-0.3, -0.25) is 5.43 Å². The van der Waals surface area contributed by atoms with Gasteiger partial charge in [0.05, 0.1) is 12.6 Å². The fourth-order valence-corrected chi connectivity index (χ4v) is 2.37. The molecule has 21 heavy (non-hydrogen) atoms. The summed E-state index contributed by atoms with van der Waals surface area (Å²) in [6.07, 6.45) is 4.52. The lowest BCUT2D eigenvalue weighted by Gasteiger charge is -2.27. The smallest absolute Gasteiger partial charge is 0.243 e. The summed E-state index contributed by atoms with van der Waals surface area (Å²) in [5.41, 5.74) is 2.51. The molecule has 0 saturated carbocycles. The van der Waals surface area contributed by atoms with Crippen molar-refractivity contribution in [1.29, 1.82) is 0 Å². The van der Waals surface area contributed by atoms with Crippen LogP contribution >= 0.6 is 0 Å². The standard InChI is InChI=1S/C13H25N7O/c1-3-10(9-21-2)15-11-16-12(19-14)18-13(17-11)20-7-5-4-6-8-20/h10H,3-9,14H2,1-2H3,(H2,15,16,17,18,19). The molecular formula is C13H25N7O. The van der Waals surface area contributed by atoms with E-state index in [2.05, 4.69) is 37.5 Å². The average molecular weight is 295 g/mol. The lowest BCUT2D eigenvalue weighted by atomic mass is 10.1. The Hall–Kier alpha value is -1.67. The molecule has 1 aromatic heterocycles. The number of ether oxygens (including phenoxy) is 1. The molecule has 2 heterocycles. The first-order chi connectivity index (χ1) is 10.3. The predicted octanol–water partition coefficient (Wildman–Crippen LogP) is 0.984. The Morgan fingerprint density at radius 2 is 1.90 bits per heavy atom. The summed E-state index contributed by atoms with van der Waals surface area (Å²) < 4.78 is 5.19. The Morgan fingerprint density at radius 1 is 1.19 bits per heavy atom. The van der Waals surface area contributed by atoms with Crippen molar-refractivity contribution in [2.75, 3.05) is 42.4 Å². The Bertz CT molecular complexity index is 437. The maximum absolute atomic E-state index is 5.47. The van der Waals surface area contributed by atoms with E-state index in [9.17, 15) is 0 Å². The van der Waals surface area contributed by atoms with Gasteiger partial charge in [0.25, 0.3) is 0 Å². The van der Waals surface area contributed by atoms with Gasteiger partial charge in [-0.25, -0.2) is 5.84 Å². The topological polar surface area (TPSA) is 101 Å². The molecule has 1 aliphatic heterocycles. The van der Waals surface area contributed by atoms with Crippen molar-refractivity contribution in [2.45, 2.75) is 38.6 Å². The number of methoxy groups -OCH3 is 1. The lowest BCUT2D eigenvalue weighted by Crippen LogP contribution is -2.32. The fraction of sp³-hybridized carbons (Fsp3) is 0.769. The van der Waals surface area contributed by atoms with Crippen LogP contribution in [0.3, 0.4) is 0 Å². The third kappa shape index (κ3) is 4.40. The zero-order valence-corrected chi connectivity index (χ0v) is 12.8. The molecule has 118 valence electrons. The van der Waals surface area contributed by atoms with Gasteiger partial charge in [0.2, 0.25) is 17.8 Å². The van der Waals surface area contributed by atoms with Gasteiger partial charge < -0.3 is 15.0 Å². The molecule has 0 aromatic carbocycles. The van der Waals surface area contributed by atoms with E-state index in [4.69, 9.17) is 10.6 Å². The quantitative estimate of drug-likeness (QED) is 0.505. The number of nitrogen functional groups attached to an aromatic ring is 1. The largest absolute Gasteiger partial charge is 0.383 e.